The molecule has 0 aliphatic rings. The Morgan fingerprint density at radius 2 is 2.22 bits per heavy atom. The van der Waals surface area contributed by atoms with Crippen molar-refractivity contribution in [1.29, 1.82) is 0 Å². The van der Waals surface area contributed by atoms with Gasteiger partial charge in [0.15, 0.2) is 5.82 Å². The van der Waals surface area contributed by atoms with Gasteiger partial charge in [0.05, 0.1) is 19.0 Å². The molecule has 0 saturated carbocycles. The van der Waals surface area contributed by atoms with Crippen LogP contribution in [0.5, 0.6) is 5.88 Å². The van der Waals surface area contributed by atoms with E-state index in [0.29, 0.717) is 24.7 Å². The average molecular weight is 253 g/mol. The largest absolute Gasteiger partial charge is 0.480 e. The molecule has 0 aliphatic carbocycles. The van der Waals surface area contributed by atoms with Crippen LogP contribution in [0.3, 0.4) is 0 Å². The molecule has 1 aromatic rings. The average Bonchev–Trinajstić information content (AvgIpc) is 2.37. The number of aromatic nitrogens is 2. The molecular weight excluding hydrogens is 234 g/mol. The molecule has 1 unspecified atom stereocenters. The lowest BCUT2D eigenvalue weighted by Crippen LogP contribution is -2.38. The lowest BCUT2D eigenvalue weighted by Gasteiger charge is -2.24. The van der Waals surface area contributed by atoms with Gasteiger partial charge in [-0.1, -0.05) is 13.8 Å². The molecular formula is C12H19N3O3. The topological polar surface area (TPSA) is 75.5 Å². The normalized spacial score (nSPS) is 11.9. The number of ether oxygens (including phenoxy) is 1. The van der Waals surface area contributed by atoms with E-state index in [1.165, 1.54) is 12.4 Å². The third kappa shape index (κ3) is 3.58. The van der Waals surface area contributed by atoms with Gasteiger partial charge in [-0.05, 0) is 12.8 Å². The molecule has 0 radical (unpaired) electrons. The fourth-order valence-corrected chi connectivity index (χ4v) is 1.56. The van der Waals surface area contributed by atoms with Crippen molar-refractivity contribution in [2.75, 3.05) is 18.6 Å². The van der Waals surface area contributed by atoms with E-state index in [2.05, 4.69) is 9.97 Å². The smallest absolute Gasteiger partial charge is 0.326 e. The number of hydrogen-bond donors (Lipinski definition) is 1. The Morgan fingerprint density at radius 3 is 2.78 bits per heavy atom. The Labute approximate surface area is 107 Å². The van der Waals surface area contributed by atoms with Crippen molar-refractivity contribution in [3.63, 3.8) is 0 Å². The van der Waals surface area contributed by atoms with Crippen molar-refractivity contribution in [3.05, 3.63) is 12.4 Å². The first kappa shape index (κ1) is 14.2. The second kappa shape index (κ2) is 6.78. The van der Waals surface area contributed by atoms with Crippen LogP contribution in [-0.2, 0) is 4.79 Å². The van der Waals surface area contributed by atoms with Gasteiger partial charge in [0, 0.05) is 7.05 Å². The third-order valence-corrected chi connectivity index (χ3v) is 2.55. The molecule has 0 aliphatic heterocycles. The summed E-state index contributed by atoms with van der Waals surface area (Å²) in [5.74, 6) is 0.0426. The summed E-state index contributed by atoms with van der Waals surface area (Å²) in [7, 11) is 1.69. The minimum Gasteiger partial charge on any atom is -0.480 e. The molecule has 100 valence electrons. The van der Waals surface area contributed by atoms with Crippen molar-refractivity contribution in [3.8, 4) is 5.88 Å². The predicted molar refractivity (Wildman–Crippen MR) is 67.9 cm³/mol. The van der Waals surface area contributed by atoms with Gasteiger partial charge in [0.25, 0.3) is 0 Å². The summed E-state index contributed by atoms with van der Waals surface area (Å²) in [5, 5.41) is 9.09. The van der Waals surface area contributed by atoms with Gasteiger partial charge < -0.3 is 14.7 Å². The number of rotatable bonds is 7. The molecule has 0 bridgehead atoms. The molecule has 0 saturated heterocycles. The first-order chi connectivity index (χ1) is 8.60. The molecule has 6 nitrogen and oxygen atoms in total. The van der Waals surface area contributed by atoms with Crippen LogP contribution in [0.4, 0.5) is 5.82 Å². The quantitative estimate of drug-likeness (QED) is 0.794. The maximum atomic E-state index is 11.1. The van der Waals surface area contributed by atoms with E-state index in [4.69, 9.17) is 9.84 Å². The summed E-state index contributed by atoms with van der Waals surface area (Å²) < 4.78 is 5.37. The molecule has 1 rings (SSSR count). The third-order valence-electron chi connectivity index (χ3n) is 2.55. The summed E-state index contributed by atoms with van der Waals surface area (Å²) in [6.45, 7) is 4.39. The predicted octanol–water partition coefficient (Wildman–Crippen LogP) is 1.56. The summed E-state index contributed by atoms with van der Waals surface area (Å²) in [6, 6.07) is -0.610. The second-order valence-corrected chi connectivity index (χ2v) is 3.94. The van der Waals surface area contributed by atoms with Gasteiger partial charge in [-0.2, -0.15) is 4.98 Å². The molecule has 0 spiro atoms. The van der Waals surface area contributed by atoms with Gasteiger partial charge in [0.2, 0.25) is 5.88 Å². The monoisotopic (exact) mass is 253 g/mol. The lowest BCUT2D eigenvalue weighted by molar-refractivity contribution is -0.138. The number of carboxylic acids is 1. The molecule has 0 amide bonds. The van der Waals surface area contributed by atoms with Crippen molar-refractivity contribution in [1.82, 2.24) is 9.97 Å². The van der Waals surface area contributed by atoms with Crippen LogP contribution in [-0.4, -0.2) is 40.7 Å². The number of nitrogens with zero attached hydrogens (tertiary/aromatic N) is 3. The van der Waals surface area contributed by atoms with E-state index in [1.54, 1.807) is 11.9 Å². The van der Waals surface area contributed by atoms with Crippen LogP contribution in [0.2, 0.25) is 0 Å². The maximum absolute atomic E-state index is 11.1. The Morgan fingerprint density at radius 1 is 1.50 bits per heavy atom. The highest BCUT2D eigenvalue weighted by Crippen LogP contribution is 2.16. The highest BCUT2D eigenvalue weighted by molar-refractivity contribution is 5.77. The van der Waals surface area contributed by atoms with Crippen molar-refractivity contribution >= 4 is 11.8 Å². The molecule has 0 aromatic carbocycles. The van der Waals surface area contributed by atoms with Gasteiger partial charge in [-0.15, -0.1) is 0 Å². The van der Waals surface area contributed by atoms with Crippen LogP contribution in [0, 0.1) is 0 Å². The number of carboxylic acid groups (broad SMARTS) is 1. The van der Waals surface area contributed by atoms with Crippen LogP contribution < -0.4 is 9.64 Å². The van der Waals surface area contributed by atoms with E-state index >= 15 is 0 Å². The zero-order chi connectivity index (χ0) is 13.5. The standard InChI is InChI=1S/C12H19N3O3/c1-4-6-18-11-8-13-7-10(14-11)15(3)9(5-2)12(16)17/h7-9H,4-6H2,1-3H3,(H,16,17). The Bertz CT molecular complexity index is 398. The molecule has 1 N–H and O–H groups in total. The van der Waals surface area contributed by atoms with E-state index in [0.717, 1.165) is 6.42 Å². The molecule has 18 heavy (non-hydrogen) atoms. The van der Waals surface area contributed by atoms with Crippen LogP contribution in [0.15, 0.2) is 12.4 Å². The first-order valence-corrected chi connectivity index (χ1v) is 6.00. The number of hydrogen-bond acceptors (Lipinski definition) is 5. The number of carbonyl (C=O) groups is 1. The Hall–Kier alpha value is -1.85. The SMILES string of the molecule is CCCOc1cncc(N(C)C(CC)C(=O)O)n1. The molecule has 0 fully saturated rings. The minimum atomic E-state index is -0.873. The van der Waals surface area contributed by atoms with E-state index < -0.39 is 12.0 Å². The Balaban J connectivity index is 2.84. The van der Waals surface area contributed by atoms with E-state index in [9.17, 15) is 4.79 Å². The lowest BCUT2D eigenvalue weighted by atomic mass is 10.2. The second-order valence-electron chi connectivity index (χ2n) is 3.94. The van der Waals surface area contributed by atoms with E-state index in [1.807, 2.05) is 13.8 Å². The van der Waals surface area contributed by atoms with Gasteiger partial charge in [-0.25, -0.2) is 4.79 Å². The number of anilines is 1. The van der Waals surface area contributed by atoms with Crippen molar-refractivity contribution in [2.24, 2.45) is 0 Å². The summed E-state index contributed by atoms with van der Waals surface area (Å²) in [6.07, 6.45) is 4.43. The highest BCUT2D eigenvalue weighted by atomic mass is 16.5. The van der Waals surface area contributed by atoms with E-state index in [-0.39, 0.29) is 0 Å². The molecule has 1 aromatic heterocycles. The van der Waals surface area contributed by atoms with Crippen LogP contribution in [0.25, 0.3) is 0 Å². The number of aliphatic carboxylic acids is 1. The fourth-order valence-electron chi connectivity index (χ4n) is 1.56. The van der Waals surface area contributed by atoms with Crippen LogP contribution in [0.1, 0.15) is 26.7 Å². The number of likely N-dealkylation sites (N-methyl/N-ethyl adjacent to an activating group) is 1. The maximum Gasteiger partial charge on any atom is 0.326 e. The van der Waals surface area contributed by atoms with Crippen molar-refractivity contribution in [2.45, 2.75) is 32.7 Å². The fraction of sp³-hybridized carbons (Fsp3) is 0.583. The summed E-state index contributed by atoms with van der Waals surface area (Å²) in [5.41, 5.74) is 0. The minimum absolute atomic E-state index is 0.418. The van der Waals surface area contributed by atoms with Crippen LogP contribution >= 0.6 is 0 Å². The molecule has 1 atom stereocenters. The molecule has 1 heterocycles. The zero-order valence-electron chi connectivity index (χ0n) is 11.0. The van der Waals surface area contributed by atoms with Gasteiger partial charge >= 0.3 is 5.97 Å². The van der Waals surface area contributed by atoms with Crippen molar-refractivity contribution < 1.29 is 14.6 Å². The van der Waals surface area contributed by atoms with Gasteiger partial charge in [-0.3, -0.25) is 4.98 Å². The van der Waals surface area contributed by atoms with Gasteiger partial charge in [0.1, 0.15) is 6.04 Å². The summed E-state index contributed by atoms with van der Waals surface area (Å²) in [4.78, 5) is 20.9. The molecule has 6 heteroatoms. The highest BCUT2D eigenvalue weighted by Gasteiger charge is 2.22. The summed E-state index contributed by atoms with van der Waals surface area (Å²) >= 11 is 0. The zero-order valence-corrected chi connectivity index (χ0v) is 11.0. The first-order valence-electron chi connectivity index (χ1n) is 6.00. The Kier molecular flexibility index (Phi) is 5.35.